The van der Waals surface area contributed by atoms with Crippen molar-refractivity contribution in [1.82, 2.24) is 15.6 Å². The lowest BCUT2D eigenvalue weighted by Gasteiger charge is -2.21. The van der Waals surface area contributed by atoms with Gasteiger partial charge in [-0.3, -0.25) is 9.98 Å². The van der Waals surface area contributed by atoms with E-state index in [2.05, 4.69) is 20.6 Å². The minimum Gasteiger partial charge on any atom is -0.365 e. The number of para-hydroxylation sites is 1. The lowest BCUT2D eigenvalue weighted by atomic mass is 10.2. The standard InChI is InChI=1S/C19H23F2N5/c1-22-19(24-10-7-14-4-3-9-23-12-14)25-15-8-11-26(13-15)18-16(20)5-2-6-17(18)21/h2-6,9,12,15H,7-8,10-11,13H2,1H3,(H2,22,24,25). The predicted octanol–water partition coefficient (Wildman–Crippen LogP) is 2.35. The summed E-state index contributed by atoms with van der Waals surface area (Å²) in [4.78, 5) is 10.1. The third-order valence-electron chi connectivity index (χ3n) is 4.44. The Morgan fingerprint density at radius 3 is 2.77 bits per heavy atom. The van der Waals surface area contributed by atoms with E-state index in [1.54, 1.807) is 18.1 Å². The summed E-state index contributed by atoms with van der Waals surface area (Å²) in [5.41, 5.74) is 1.20. The Morgan fingerprint density at radius 1 is 1.27 bits per heavy atom. The number of halogens is 2. The van der Waals surface area contributed by atoms with Crippen molar-refractivity contribution in [3.63, 3.8) is 0 Å². The molecule has 138 valence electrons. The van der Waals surface area contributed by atoms with Crippen LogP contribution in [-0.4, -0.2) is 43.7 Å². The zero-order valence-electron chi connectivity index (χ0n) is 14.8. The average Bonchev–Trinajstić information content (AvgIpc) is 3.09. The maximum Gasteiger partial charge on any atom is 0.191 e. The molecule has 0 saturated carbocycles. The first-order chi connectivity index (χ1) is 12.7. The second-order valence-electron chi connectivity index (χ2n) is 6.26. The number of anilines is 1. The minimum absolute atomic E-state index is 0.0522. The Hall–Kier alpha value is -2.70. The van der Waals surface area contributed by atoms with Crippen molar-refractivity contribution in [3.05, 3.63) is 59.9 Å². The van der Waals surface area contributed by atoms with Gasteiger partial charge in [0.2, 0.25) is 0 Å². The highest BCUT2D eigenvalue weighted by Crippen LogP contribution is 2.26. The largest absolute Gasteiger partial charge is 0.365 e. The Kier molecular flexibility index (Phi) is 5.99. The highest BCUT2D eigenvalue weighted by atomic mass is 19.1. The van der Waals surface area contributed by atoms with Gasteiger partial charge >= 0.3 is 0 Å². The molecule has 0 aliphatic carbocycles. The lowest BCUT2D eigenvalue weighted by molar-refractivity contribution is 0.576. The molecule has 0 radical (unpaired) electrons. The van der Waals surface area contributed by atoms with E-state index in [-0.39, 0.29) is 11.7 Å². The third kappa shape index (κ3) is 4.47. The fourth-order valence-corrected chi connectivity index (χ4v) is 3.13. The molecule has 2 N–H and O–H groups in total. The zero-order chi connectivity index (χ0) is 18.4. The smallest absolute Gasteiger partial charge is 0.191 e. The Morgan fingerprint density at radius 2 is 2.08 bits per heavy atom. The molecule has 1 atom stereocenters. The average molecular weight is 359 g/mol. The maximum atomic E-state index is 13.9. The molecular formula is C19H23F2N5. The Labute approximate surface area is 152 Å². The number of hydrogen-bond donors (Lipinski definition) is 2. The number of benzene rings is 1. The van der Waals surface area contributed by atoms with Crippen molar-refractivity contribution in [2.24, 2.45) is 4.99 Å². The summed E-state index contributed by atoms with van der Waals surface area (Å²) in [6.07, 6.45) is 5.22. The minimum atomic E-state index is -0.523. The maximum absolute atomic E-state index is 13.9. The number of nitrogens with zero attached hydrogens (tertiary/aromatic N) is 3. The van der Waals surface area contributed by atoms with E-state index < -0.39 is 11.6 Å². The van der Waals surface area contributed by atoms with E-state index >= 15 is 0 Å². The number of rotatable bonds is 5. The number of aromatic nitrogens is 1. The lowest BCUT2D eigenvalue weighted by Crippen LogP contribution is -2.45. The van der Waals surface area contributed by atoms with Crippen LogP contribution in [0.25, 0.3) is 0 Å². The van der Waals surface area contributed by atoms with Gasteiger partial charge in [-0.25, -0.2) is 8.78 Å². The van der Waals surface area contributed by atoms with Crippen LogP contribution < -0.4 is 15.5 Å². The molecule has 1 saturated heterocycles. The van der Waals surface area contributed by atoms with Crippen molar-refractivity contribution < 1.29 is 8.78 Å². The summed E-state index contributed by atoms with van der Waals surface area (Å²) in [5, 5.41) is 6.59. The summed E-state index contributed by atoms with van der Waals surface area (Å²) in [5.74, 6) is -0.357. The van der Waals surface area contributed by atoms with E-state index in [4.69, 9.17) is 0 Å². The van der Waals surface area contributed by atoms with Crippen molar-refractivity contribution in [2.45, 2.75) is 18.9 Å². The van der Waals surface area contributed by atoms with Crippen LogP contribution in [0.4, 0.5) is 14.5 Å². The SMILES string of the molecule is CN=C(NCCc1cccnc1)NC1CCN(c2c(F)cccc2F)C1. The summed E-state index contributed by atoms with van der Waals surface area (Å²) in [6, 6.07) is 7.99. The van der Waals surface area contributed by atoms with Gasteiger partial charge in [0.05, 0.1) is 0 Å². The molecule has 1 aliphatic heterocycles. The molecule has 0 amide bonds. The molecule has 2 heterocycles. The van der Waals surface area contributed by atoms with Gasteiger partial charge in [0.1, 0.15) is 17.3 Å². The van der Waals surface area contributed by atoms with E-state index in [1.807, 2.05) is 18.3 Å². The molecule has 7 heteroatoms. The van der Waals surface area contributed by atoms with Crippen molar-refractivity contribution in [3.8, 4) is 0 Å². The van der Waals surface area contributed by atoms with Crippen LogP contribution in [0.5, 0.6) is 0 Å². The summed E-state index contributed by atoms with van der Waals surface area (Å²) in [6.45, 7) is 1.85. The van der Waals surface area contributed by atoms with Gasteiger partial charge in [0, 0.05) is 45.1 Å². The molecule has 1 aromatic carbocycles. The number of aliphatic imine (C=N–C) groups is 1. The Balaban J connectivity index is 1.50. The molecule has 5 nitrogen and oxygen atoms in total. The van der Waals surface area contributed by atoms with Crippen LogP contribution in [0, 0.1) is 11.6 Å². The predicted molar refractivity (Wildman–Crippen MR) is 99.4 cm³/mol. The van der Waals surface area contributed by atoms with Crippen molar-refractivity contribution in [1.29, 1.82) is 0 Å². The first-order valence-electron chi connectivity index (χ1n) is 8.72. The molecule has 0 spiro atoms. The highest BCUT2D eigenvalue weighted by Gasteiger charge is 2.27. The summed E-state index contributed by atoms with van der Waals surface area (Å²) < 4.78 is 27.9. The second-order valence-corrected chi connectivity index (χ2v) is 6.26. The second kappa shape index (κ2) is 8.60. The van der Waals surface area contributed by atoms with E-state index in [9.17, 15) is 8.78 Å². The number of nitrogens with one attached hydrogen (secondary N) is 2. The third-order valence-corrected chi connectivity index (χ3v) is 4.44. The molecule has 26 heavy (non-hydrogen) atoms. The summed E-state index contributed by atoms with van der Waals surface area (Å²) in [7, 11) is 1.71. The van der Waals surface area contributed by atoms with Crippen LogP contribution in [-0.2, 0) is 6.42 Å². The number of hydrogen-bond acceptors (Lipinski definition) is 3. The molecule has 1 unspecified atom stereocenters. The molecule has 1 fully saturated rings. The van der Waals surface area contributed by atoms with Gasteiger partial charge in [-0.1, -0.05) is 12.1 Å². The monoisotopic (exact) mass is 359 g/mol. The molecular weight excluding hydrogens is 336 g/mol. The van der Waals surface area contributed by atoms with Crippen LogP contribution in [0.2, 0.25) is 0 Å². The molecule has 2 aromatic rings. The van der Waals surface area contributed by atoms with Gasteiger partial charge in [-0.15, -0.1) is 0 Å². The van der Waals surface area contributed by atoms with Gasteiger partial charge in [-0.2, -0.15) is 0 Å². The van der Waals surface area contributed by atoms with Crippen LogP contribution in [0.3, 0.4) is 0 Å². The van der Waals surface area contributed by atoms with Crippen molar-refractivity contribution >= 4 is 11.6 Å². The van der Waals surface area contributed by atoms with Gasteiger partial charge in [0.15, 0.2) is 5.96 Å². The van der Waals surface area contributed by atoms with Gasteiger partial charge in [0.25, 0.3) is 0 Å². The van der Waals surface area contributed by atoms with E-state index in [0.717, 1.165) is 24.9 Å². The zero-order valence-corrected chi connectivity index (χ0v) is 14.8. The van der Waals surface area contributed by atoms with E-state index in [1.165, 1.54) is 18.2 Å². The number of pyridine rings is 1. The molecule has 0 bridgehead atoms. The molecule has 3 rings (SSSR count). The fraction of sp³-hybridized carbons (Fsp3) is 0.368. The quantitative estimate of drug-likeness (QED) is 0.636. The normalized spacial score (nSPS) is 17.4. The van der Waals surface area contributed by atoms with Crippen LogP contribution in [0.15, 0.2) is 47.7 Å². The van der Waals surface area contributed by atoms with Crippen LogP contribution >= 0.6 is 0 Å². The number of guanidine groups is 1. The molecule has 1 aromatic heterocycles. The molecule has 1 aliphatic rings. The van der Waals surface area contributed by atoms with Gasteiger partial charge in [-0.05, 0) is 36.6 Å². The van der Waals surface area contributed by atoms with Crippen molar-refractivity contribution in [2.75, 3.05) is 31.6 Å². The highest BCUT2D eigenvalue weighted by molar-refractivity contribution is 5.80. The van der Waals surface area contributed by atoms with Gasteiger partial charge < -0.3 is 15.5 Å². The first kappa shape index (κ1) is 18.1. The fourth-order valence-electron chi connectivity index (χ4n) is 3.13. The Bertz CT molecular complexity index is 731. The van der Waals surface area contributed by atoms with Crippen LogP contribution in [0.1, 0.15) is 12.0 Å². The topological polar surface area (TPSA) is 52.6 Å². The summed E-state index contributed by atoms with van der Waals surface area (Å²) >= 11 is 0. The first-order valence-corrected chi connectivity index (χ1v) is 8.72. The van der Waals surface area contributed by atoms with E-state index in [0.29, 0.717) is 19.0 Å².